The van der Waals surface area contributed by atoms with Crippen molar-refractivity contribution in [3.8, 4) is 5.75 Å². The Labute approximate surface area is 178 Å². The van der Waals surface area contributed by atoms with Crippen molar-refractivity contribution in [1.82, 2.24) is 10.2 Å². The number of carbonyl (C=O) groups excluding carboxylic acids is 2. The summed E-state index contributed by atoms with van der Waals surface area (Å²) in [6.45, 7) is 2.48. The molecule has 1 aliphatic heterocycles. The Hall–Kier alpha value is -2.31. The summed E-state index contributed by atoms with van der Waals surface area (Å²) in [4.78, 5) is 26.5. The summed E-state index contributed by atoms with van der Waals surface area (Å²) in [5, 5.41) is 3.63. The fourth-order valence-electron chi connectivity index (χ4n) is 3.18. The number of piperidine rings is 1. The van der Waals surface area contributed by atoms with Gasteiger partial charge in [0.1, 0.15) is 11.6 Å². The minimum atomic E-state index is -0.673. The van der Waals surface area contributed by atoms with Crippen molar-refractivity contribution < 1.29 is 18.7 Å². The minimum absolute atomic E-state index is 0.0843. The number of benzene rings is 2. The highest BCUT2D eigenvalue weighted by Gasteiger charge is 2.28. The van der Waals surface area contributed by atoms with Crippen molar-refractivity contribution >= 4 is 35.0 Å². The first-order chi connectivity index (χ1) is 13.8. The van der Waals surface area contributed by atoms with Gasteiger partial charge in [-0.1, -0.05) is 29.3 Å². The van der Waals surface area contributed by atoms with Crippen LogP contribution >= 0.6 is 23.2 Å². The van der Waals surface area contributed by atoms with Gasteiger partial charge < -0.3 is 15.0 Å². The molecule has 2 aromatic carbocycles. The minimum Gasteiger partial charge on any atom is -0.481 e. The summed E-state index contributed by atoms with van der Waals surface area (Å²) in [7, 11) is 0. The molecule has 2 amide bonds. The molecule has 0 spiro atoms. The van der Waals surface area contributed by atoms with Crippen molar-refractivity contribution in [1.29, 1.82) is 0 Å². The highest BCUT2D eigenvalue weighted by atomic mass is 35.5. The normalized spacial score (nSPS) is 15.7. The summed E-state index contributed by atoms with van der Waals surface area (Å²) < 4.78 is 19.6. The van der Waals surface area contributed by atoms with Crippen molar-refractivity contribution in [2.45, 2.75) is 31.9 Å². The van der Waals surface area contributed by atoms with E-state index in [9.17, 15) is 14.0 Å². The van der Waals surface area contributed by atoms with Crippen LogP contribution in [0.5, 0.6) is 5.75 Å². The lowest BCUT2D eigenvalue weighted by Crippen LogP contribution is -2.49. The maximum absolute atomic E-state index is 14.0. The predicted octanol–water partition coefficient (Wildman–Crippen LogP) is 4.32. The molecule has 0 bridgehead atoms. The van der Waals surface area contributed by atoms with E-state index >= 15 is 0 Å². The van der Waals surface area contributed by atoms with E-state index in [-0.39, 0.29) is 22.5 Å². The van der Waals surface area contributed by atoms with Crippen LogP contribution in [0.2, 0.25) is 10.0 Å². The zero-order valence-electron chi connectivity index (χ0n) is 15.8. The molecule has 0 aliphatic carbocycles. The quantitative estimate of drug-likeness (QED) is 0.755. The van der Waals surface area contributed by atoms with E-state index in [0.717, 1.165) is 0 Å². The van der Waals surface area contributed by atoms with Crippen molar-refractivity contribution in [3.63, 3.8) is 0 Å². The topological polar surface area (TPSA) is 58.6 Å². The third-order valence-corrected chi connectivity index (χ3v) is 5.37. The van der Waals surface area contributed by atoms with E-state index in [1.54, 1.807) is 36.1 Å². The van der Waals surface area contributed by atoms with Gasteiger partial charge in [-0.05, 0) is 56.2 Å². The third-order valence-electron chi connectivity index (χ3n) is 4.80. The molecule has 0 aromatic heterocycles. The second-order valence-electron chi connectivity index (χ2n) is 6.89. The van der Waals surface area contributed by atoms with Gasteiger partial charge in [-0.2, -0.15) is 0 Å². The van der Waals surface area contributed by atoms with Gasteiger partial charge in [-0.15, -0.1) is 0 Å². The zero-order chi connectivity index (χ0) is 21.0. The molecule has 1 heterocycles. The van der Waals surface area contributed by atoms with Crippen molar-refractivity contribution in [2.75, 3.05) is 13.1 Å². The molecule has 1 fully saturated rings. The van der Waals surface area contributed by atoms with Gasteiger partial charge in [-0.25, -0.2) is 4.39 Å². The number of halogens is 3. The first-order valence-electron chi connectivity index (χ1n) is 9.31. The molecule has 8 heteroatoms. The fraction of sp³-hybridized carbons (Fsp3) is 0.333. The van der Waals surface area contributed by atoms with Crippen LogP contribution in [0.4, 0.5) is 4.39 Å². The van der Waals surface area contributed by atoms with Crippen LogP contribution in [0.15, 0.2) is 42.5 Å². The van der Waals surface area contributed by atoms with Crippen LogP contribution in [0, 0.1) is 5.82 Å². The van der Waals surface area contributed by atoms with E-state index in [1.165, 1.54) is 18.2 Å². The number of nitrogens with zero attached hydrogens (tertiary/aromatic N) is 1. The molecule has 29 heavy (non-hydrogen) atoms. The molecule has 0 saturated carbocycles. The second kappa shape index (κ2) is 9.46. The number of carbonyl (C=O) groups is 2. The first-order valence-corrected chi connectivity index (χ1v) is 10.1. The molecule has 154 valence electrons. The van der Waals surface area contributed by atoms with E-state index in [4.69, 9.17) is 27.9 Å². The summed E-state index contributed by atoms with van der Waals surface area (Å²) in [5.74, 6) is -0.746. The van der Waals surface area contributed by atoms with Gasteiger partial charge in [0.25, 0.3) is 11.8 Å². The Morgan fingerprint density at radius 2 is 1.79 bits per heavy atom. The predicted molar refractivity (Wildman–Crippen MR) is 110 cm³/mol. The standard InChI is InChI=1S/C21H21Cl2FN2O3/c1-13(29-16-7-5-14(22)6-8-16)20(27)25-15-9-11-26(12-10-15)21(28)19-17(23)3-2-4-18(19)24/h2-8,13,15H,9-12H2,1H3,(H,25,27). The van der Waals surface area contributed by atoms with Gasteiger partial charge in [0.15, 0.2) is 6.10 Å². The monoisotopic (exact) mass is 438 g/mol. The lowest BCUT2D eigenvalue weighted by atomic mass is 10.0. The van der Waals surface area contributed by atoms with Crippen molar-refractivity contribution in [2.24, 2.45) is 0 Å². The molecular formula is C21H21Cl2FN2O3. The summed E-state index contributed by atoms with van der Waals surface area (Å²) in [5.41, 5.74) is -0.110. The second-order valence-corrected chi connectivity index (χ2v) is 7.73. The maximum Gasteiger partial charge on any atom is 0.260 e. The highest BCUT2D eigenvalue weighted by Crippen LogP contribution is 2.23. The zero-order valence-corrected chi connectivity index (χ0v) is 17.3. The van der Waals surface area contributed by atoms with Gasteiger partial charge in [0, 0.05) is 24.2 Å². The number of hydrogen-bond acceptors (Lipinski definition) is 3. The van der Waals surface area contributed by atoms with Crippen molar-refractivity contribution in [3.05, 3.63) is 63.9 Å². The van der Waals surface area contributed by atoms with Gasteiger partial charge in [0.05, 0.1) is 10.6 Å². The maximum atomic E-state index is 14.0. The molecule has 1 saturated heterocycles. The van der Waals surface area contributed by atoms with Crippen LogP contribution < -0.4 is 10.1 Å². The van der Waals surface area contributed by atoms with Crippen LogP contribution in [-0.4, -0.2) is 41.9 Å². The number of likely N-dealkylation sites (tertiary alicyclic amines) is 1. The molecular weight excluding hydrogens is 418 g/mol. The Morgan fingerprint density at radius 3 is 2.41 bits per heavy atom. The Morgan fingerprint density at radius 1 is 1.14 bits per heavy atom. The van der Waals surface area contributed by atoms with Crippen LogP contribution in [0.25, 0.3) is 0 Å². The number of amides is 2. The van der Waals surface area contributed by atoms with E-state index in [1.807, 2.05) is 0 Å². The first kappa shape index (κ1) is 21.4. The smallest absolute Gasteiger partial charge is 0.260 e. The summed E-state index contributed by atoms with van der Waals surface area (Å²) in [6, 6.07) is 10.9. The summed E-state index contributed by atoms with van der Waals surface area (Å²) >= 11 is 11.8. The van der Waals surface area contributed by atoms with Gasteiger partial charge >= 0.3 is 0 Å². The van der Waals surface area contributed by atoms with E-state index < -0.39 is 17.8 Å². The molecule has 1 aliphatic rings. The number of hydrogen-bond donors (Lipinski definition) is 1. The highest BCUT2D eigenvalue weighted by molar-refractivity contribution is 6.33. The summed E-state index contributed by atoms with van der Waals surface area (Å²) in [6.07, 6.45) is 0.460. The Kier molecular flexibility index (Phi) is 6.98. The number of nitrogens with one attached hydrogen (secondary N) is 1. The van der Waals surface area contributed by atoms with E-state index in [0.29, 0.717) is 36.7 Å². The largest absolute Gasteiger partial charge is 0.481 e. The fourth-order valence-corrected chi connectivity index (χ4v) is 3.55. The molecule has 2 aromatic rings. The molecule has 3 rings (SSSR count). The lowest BCUT2D eigenvalue weighted by molar-refractivity contribution is -0.128. The molecule has 5 nitrogen and oxygen atoms in total. The van der Waals surface area contributed by atoms with Crippen LogP contribution in [0.3, 0.4) is 0 Å². The Bertz CT molecular complexity index is 864. The van der Waals surface area contributed by atoms with Crippen LogP contribution in [-0.2, 0) is 4.79 Å². The number of ether oxygens (including phenoxy) is 1. The average Bonchev–Trinajstić information content (AvgIpc) is 2.70. The van der Waals surface area contributed by atoms with E-state index in [2.05, 4.69) is 5.32 Å². The Balaban J connectivity index is 1.51. The molecule has 1 atom stereocenters. The number of rotatable bonds is 5. The lowest BCUT2D eigenvalue weighted by Gasteiger charge is -2.33. The third kappa shape index (κ3) is 5.40. The van der Waals surface area contributed by atoms with Crippen LogP contribution in [0.1, 0.15) is 30.1 Å². The molecule has 0 radical (unpaired) electrons. The SMILES string of the molecule is CC(Oc1ccc(Cl)cc1)C(=O)NC1CCN(C(=O)c2c(F)cccc2Cl)CC1. The van der Waals surface area contributed by atoms with Gasteiger partial charge in [0.2, 0.25) is 0 Å². The molecule has 1 unspecified atom stereocenters. The van der Waals surface area contributed by atoms with Gasteiger partial charge in [-0.3, -0.25) is 9.59 Å². The molecule has 1 N–H and O–H groups in total. The average molecular weight is 439 g/mol.